The Morgan fingerprint density at radius 2 is 2.30 bits per heavy atom. The van der Waals surface area contributed by atoms with Crippen LogP contribution in [0.4, 0.5) is 10.1 Å². The van der Waals surface area contributed by atoms with Gasteiger partial charge in [-0.25, -0.2) is 4.39 Å². The van der Waals surface area contributed by atoms with Crippen molar-refractivity contribution in [3.05, 3.63) is 29.6 Å². The van der Waals surface area contributed by atoms with Gasteiger partial charge >= 0.3 is 5.97 Å². The molecule has 0 spiro atoms. The number of carbonyl (C=O) groups excluding carboxylic acids is 1. The topological polar surface area (TPSA) is 41.6 Å². The molecule has 0 amide bonds. The second-order valence-corrected chi connectivity index (χ2v) is 4.83. The fourth-order valence-electron chi connectivity index (χ4n) is 2.54. The van der Waals surface area contributed by atoms with Crippen LogP contribution in [0.15, 0.2) is 18.2 Å². The van der Waals surface area contributed by atoms with Gasteiger partial charge in [-0.1, -0.05) is 13.0 Å². The van der Waals surface area contributed by atoms with E-state index >= 15 is 0 Å². The number of ether oxygens (including phenoxy) is 1. The number of halogens is 1. The van der Waals surface area contributed by atoms with Gasteiger partial charge in [0.25, 0.3) is 0 Å². The molecule has 0 aliphatic carbocycles. The number of nitrogens with one attached hydrogen (secondary N) is 1. The largest absolute Gasteiger partial charge is 0.465 e. The normalized spacial score (nSPS) is 15.1. The summed E-state index contributed by atoms with van der Waals surface area (Å²) in [7, 11) is 0. The Hall–Kier alpha value is -1.62. The third-order valence-corrected chi connectivity index (χ3v) is 3.46. The molecule has 0 radical (unpaired) electrons. The Kier molecular flexibility index (Phi) is 4.95. The molecule has 1 aliphatic heterocycles. The summed E-state index contributed by atoms with van der Waals surface area (Å²) in [5, 5.41) is 3.13. The molecule has 20 heavy (non-hydrogen) atoms. The zero-order chi connectivity index (χ0) is 14.5. The van der Waals surface area contributed by atoms with Crippen LogP contribution in [0.1, 0.15) is 19.4 Å². The molecule has 1 heterocycles. The molecule has 4 nitrogen and oxygen atoms in total. The Morgan fingerprint density at radius 3 is 3.00 bits per heavy atom. The average molecular weight is 280 g/mol. The molecule has 1 aromatic carbocycles. The summed E-state index contributed by atoms with van der Waals surface area (Å²) in [4.78, 5) is 14.0. The van der Waals surface area contributed by atoms with Crippen LogP contribution in [0, 0.1) is 5.82 Å². The summed E-state index contributed by atoms with van der Waals surface area (Å²) in [6.45, 7) is 6.10. The first-order chi connectivity index (χ1) is 9.65. The van der Waals surface area contributed by atoms with Gasteiger partial charge in [-0.15, -0.1) is 0 Å². The van der Waals surface area contributed by atoms with Gasteiger partial charge in [0.15, 0.2) is 0 Å². The highest BCUT2D eigenvalue weighted by Crippen LogP contribution is 2.28. The zero-order valence-corrected chi connectivity index (χ0v) is 12.0. The summed E-state index contributed by atoms with van der Waals surface area (Å²) >= 11 is 0. The monoisotopic (exact) mass is 280 g/mol. The molecular formula is C15H21FN2O2. The van der Waals surface area contributed by atoms with Crippen LogP contribution in [-0.4, -0.2) is 38.3 Å². The number of hydrogen-bond donors (Lipinski definition) is 1. The number of likely N-dealkylation sites (N-methyl/N-ethyl adjacent to an activating group) is 1. The highest BCUT2D eigenvalue weighted by molar-refractivity contribution is 5.77. The van der Waals surface area contributed by atoms with Crippen molar-refractivity contribution in [1.29, 1.82) is 0 Å². The predicted molar refractivity (Wildman–Crippen MR) is 76.4 cm³/mol. The summed E-state index contributed by atoms with van der Waals surface area (Å²) in [6, 6.07) is 4.46. The number of fused-ring (bicyclic) bond motifs is 1. The van der Waals surface area contributed by atoms with E-state index in [1.807, 2.05) is 17.9 Å². The van der Waals surface area contributed by atoms with E-state index in [2.05, 4.69) is 5.32 Å². The fraction of sp³-hybridized carbons (Fsp3) is 0.533. The lowest BCUT2D eigenvalue weighted by molar-refractivity contribution is -0.145. The number of benzene rings is 1. The Bertz CT molecular complexity index is 479. The first kappa shape index (κ1) is 14.8. The molecule has 0 fully saturated rings. The molecule has 0 bridgehead atoms. The van der Waals surface area contributed by atoms with Crippen molar-refractivity contribution in [2.24, 2.45) is 0 Å². The van der Waals surface area contributed by atoms with Crippen molar-refractivity contribution in [3.63, 3.8) is 0 Å². The molecular weight excluding hydrogens is 259 g/mol. The van der Waals surface area contributed by atoms with E-state index in [-0.39, 0.29) is 17.8 Å². The molecule has 1 aromatic rings. The Morgan fingerprint density at radius 1 is 1.50 bits per heavy atom. The summed E-state index contributed by atoms with van der Waals surface area (Å²) in [6.07, 6.45) is 0.886. The first-order valence-electron chi connectivity index (χ1n) is 7.09. The minimum Gasteiger partial charge on any atom is -0.465 e. The summed E-state index contributed by atoms with van der Waals surface area (Å²) in [5.74, 6) is -0.494. The van der Waals surface area contributed by atoms with Crippen molar-refractivity contribution >= 4 is 11.7 Å². The van der Waals surface area contributed by atoms with Gasteiger partial charge in [-0.2, -0.15) is 0 Å². The lowest BCUT2D eigenvalue weighted by Crippen LogP contribution is -2.46. The quantitative estimate of drug-likeness (QED) is 0.806. The molecule has 1 N–H and O–H groups in total. The van der Waals surface area contributed by atoms with E-state index in [0.29, 0.717) is 19.7 Å². The standard InChI is InChI=1S/C15H21FN2O2/c1-3-17-13(15(19)20-4-2)10-18-8-7-11-5-6-12(16)9-14(11)18/h5-6,9,13,17H,3-4,7-8,10H2,1-2H3. The van der Waals surface area contributed by atoms with Crippen molar-refractivity contribution in [3.8, 4) is 0 Å². The smallest absolute Gasteiger partial charge is 0.324 e. The van der Waals surface area contributed by atoms with Crippen LogP contribution in [0.5, 0.6) is 0 Å². The summed E-state index contributed by atoms with van der Waals surface area (Å²) in [5.41, 5.74) is 2.02. The van der Waals surface area contributed by atoms with Crippen LogP contribution in [0.25, 0.3) is 0 Å². The van der Waals surface area contributed by atoms with Gasteiger partial charge in [0, 0.05) is 18.8 Å². The fourth-order valence-corrected chi connectivity index (χ4v) is 2.54. The Labute approximate surface area is 118 Å². The molecule has 2 rings (SSSR count). The predicted octanol–water partition coefficient (Wildman–Crippen LogP) is 1.73. The van der Waals surface area contributed by atoms with E-state index in [9.17, 15) is 9.18 Å². The second kappa shape index (κ2) is 6.70. The number of hydrogen-bond acceptors (Lipinski definition) is 4. The molecule has 1 unspecified atom stereocenters. The molecule has 0 saturated heterocycles. The molecule has 1 aliphatic rings. The van der Waals surface area contributed by atoms with Crippen LogP contribution in [0.3, 0.4) is 0 Å². The first-order valence-corrected chi connectivity index (χ1v) is 7.09. The van der Waals surface area contributed by atoms with E-state index in [1.165, 1.54) is 12.1 Å². The third-order valence-electron chi connectivity index (χ3n) is 3.46. The van der Waals surface area contributed by atoms with Crippen LogP contribution in [0.2, 0.25) is 0 Å². The number of nitrogens with zero attached hydrogens (tertiary/aromatic N) is 1. The van der Waals surface area contributed by atoms with E-state index in [0.717, 1.165) is 24.2 Å². The number of anilines is 1. The highest BCUT2D eigenvalue weighted by Gasteiger charge is 2.26. The van der Waals surface area contributed by atoms with Gasteiger partial charge in [0.2, 0.25) is 0 Å². The van der Waals surface area contributed by atoms with Crippen molar-refractivity contribution < 1.29 is 13.9 Å². The molecule has 110 valence electrons. The van der Waals surface area contributed by atoms with Gasteiger partial charge in [-0.3, -0.25) is 4.79 Å². The lowest BCUT2D eigenvalue weighted by Gasteiger charge is -2.25. The average Bonchev–Trinajstić information content (AvgIpc) is 2.81. The zero-order valence-electron chi connectivity index (χ0n) is 12.0. The van der Waals surface area contributed by atoms with E-state index < -0.39 is 0 Å². The molecule has 0 saturated carbocycles. The number of carbonyl (C=O) groups is 1. The van der Waals surface area contributed by atoms with Gasteiger partial charge in [0.05, 0.1) is 6.61 Å². The highest BCUT2D eigenvalue weighted by atomic mass is 19.1. The van der Waals surface area contributed by atoms with Gasteiger partial charge in [-0.05, 0) is 37.6 Å². The van der Waals surface area contributed by atoms with Crippen molar-refractivity contribution in [1.82, 2.24) is 5.32 Å². The van der Waals surface area contributed by atoms with Crippen LogP contribution >= 0.6 is 0 Å². The maximum absolute atomic E-state index is 13.4. The van der Waals surface area contributed by atoms with Crippen LogP contribution < -0.4 is 10.2 Å². The molecule has 1 atom stereocenters. The second-order valence-electron chi connectivity index (χ2n) is 4.83. The lowest BCUT2D eigenvalue weighted by atomic mass is 10.1. The van der Waals surface area contributed by atoms with E-state index in [1.54, 1.807) is 6.92 Å². The number of esters is 1. The van der Waals surface area contributed by atoms with Crippen molar-refractivity contribution in [2.75, 3.05) is 31.1 Å². The van der Waals surface area contributed by atoms with E-state index in [4.69, 9.17) is 4.74 Å². The maximum atomic E-state index is 13.4. The van der Waals surface area contributed by atoms with Gasteiger partial charge < -0.3 is 15.0 Å². The molecule has 0 aromatic heterocycles. The SMILES string of the molecule is CCNC(CN1CCc2ccc(F)cc21)C(=O)OCC. The van der Waals surface area contributed by atoms with Crippen molar-refractivity contribution in [2.45, 2.75) is 26.3 Å². The number of rotatable bonds is 6. The minimum absolute atomic E-state index is 0.244. The minimum atomic E-state index is -0.380. The maximum Gasteiger partial charge on any atom is 0.324 e. The molecule has 5 heteroatoms. The third kappa shape index (κ3) is 3.28. The Balaban J connectivity index is 2.09. The van der Waals surface area contributed by atoms with Crippen LogP contribution in [-0.2, 0) is 16.0 Å². The summed E-state index contributed by atoms with van der Waals surface area (Å²) < 4.78 is 18.4. The van der Waals surface area contributed by atoms with Gasteiger partial charge in [0.1, 0.15) is 11.9 Å².